The van der Waals surface area contributed by atoms with E-state index in [4.69, 9.17) is 16.9 Å². The van der Waals surface area contributed by atoms with E-state index < -0.39 is 0 Å². The zero-order chi connectivity index (χ0) is 11.8. The SMILES string of the molecule is C#CCNC(CN)c1ccccc1OCC. The summed E-state index contributed by atoms with van der Waals surface area (Å²) in [5.74, 6) is 3.41. The lowest BCUT2D eigenvalue weighted by molar-refractivity contribution is 0.332. The molecule has 0 radical (unpaired) electrons. The molecule has 0 aliphatic carbocycles. The predicted molar refractivity (Wildman–Crippen MR) is 66.2 cm³/mol. The summed E-state index contributed by atoms with van der Waals surface area (Å²) in [7, 11) is 0. The molecule has 86 valence electrons. The Hall–Kier alpha value is -1.50. The average Bonchev–Trinajstić information content (AvgIpc) is 2.32. The summed E-state index contributed by atoms with van der Waals surface area (Å²) < 4.78 is 5.55. The summed E-state index contributed by atoms with van der Waals surface area (Å²) in [5.41, 5.74) is 6.78. The third kappa shape index (κ3) is 3.27. The Balaban J connectivity index is 2.86. The van der Waals surface area contributed by atoms with E-state index in [1.54, 1.807) is 0 Å². The molecule has 0 saturated carbocycles. The molecular formula is C13H18N2O. The van der Waals surface area contributed by atoms with Crippen LogP contribution in [0.3, 0.4) is 0 Å². The van der Waals surface area contributed by atoms with Gasteiger partial charge in [0.25, 0.3) is 0 Å². The van der Waals surface area contributed by atoms with Crippen LogP contribution in [0.15, 0.2) is 24.3 Å². The molecule has 0 aliphatic rings. The number of hydrogen-bond donors (Lipinski definition) is 2. The van der Waals surface area contributed by atoms with Gasteiger partial charge in [0, 0.05) is 18.2 Å². The van der Waals surface area contributed by atoms with Crippen molar-refractivity contribution in [3.05, 3.63) is 29.8 Å². The lowest BCUT2D eigenvalue weighted by Gasteiger charge is -2.19. The predicted octanol–water partition coefficient (Wildman–Crippen LogP) is 1.31. The van der Waals surface area contributed by atoms with Crippen LogP contribution in [0.5, 0.6) is 5.75 Å². The summed E-state index contributed by atoms with van der Waals surface area (Å²) >= 11 is 0. The number of benzene rings is 1. The van der Waals surface area contributed by atoms with Gasteiger partial charge in [0.05, 0.1) is 13.2 Å². The van der Waals surface area contributed by atoms with Crippen LogP contribution in [0, 0.1) is 12.3 Å². The summed E-state index contributed by atoms with van der Waals surface area (Å²) in [6.45, 7) is 3.60. The molecule has 1 atom stereocenters. The molecule has 0 heterocycles. The molecule has 0 amide bonds. The van der Waals surface area contributed by atoms with Gasteiger partial charge < -0.3 is 10.5 Å². The van der Waals surface area contributed by atoms with E-state index >= 15 is 0 Å². The minimum absolute atomic E-state index is 0.0406. The van der Waals surface area contributed by atoms with Crippen LogP contribution >= 0.6 is 0 Å². The Bertz CT molecular complexity index is 357. The molecule has 0 spiro atoms. The number of ether oxygens (including phenoxy) is 1. The highest BCUT2D eigenvalue weighted by Gasteiger charge is 2.12. The molecule has 16 heavy (non-hydrogen) atoms. The topological polar surface area (TPSA) is 47.3 Å². The molecule has 1 unspecified atom stereocenters. The van der Waals surface area contributed by atoms with Crippen molar-refractivity contribution in [3.63, 3.8) is 0 Å². The maximum atomic E-state index is 5.72. The Kier molecular flexibility index (Phi) is 5.41. The van der Waals surface area contributed by atoms with Crippen LogP contribution in [0.25, 0.3) is 0 Å². The first kappa shape index (κ1) is 12.6. The number of rotatable bonds is 6. The third-order valence-electron chi connectivity index (χ3n) is 2.28. The van der Waals surface area contributed by atoms with Crippen molar-refractivity contribution in [2.45, 2.75) is 13.0 Å². The first-order valence-electron chi connectivity index (χ1n) is 5.42. The Labute approximate surface area is 97.0 Å². The van der Waals surface area contributed by atoms with Gasteiger partial charge in [-0.05, 0) is 13.0 Å². The number of terminal acetylenes is 1. The van der Waals surface area contributed by atoms with Gasteiger partial charge in [-0.1, -0.05) is 24.1 Å². The van der Waals surface area contributed by atoms with Gasteiger partial charge >= 0.3 is 0 Å². The fourth-order valence-corrected chi connectivity index (χ4v) is 1.56. The molecule has 0 fully saturated rings. The first-order chi connectivity index (χ1) is 7.83. The number of hydrogen-bond acceptors (Lipinski definition) is 3. The van der Waals surface area contributed by atoms with E-state index in [9.17, 15) is 0 Å². The zero-order valence-electron chi connectivity index (χ0n) is 9.57. The quantitative estimate of drug-likeness (QED) is 0.708. The van der Waals surface area contributed by atoms with Crippen LogP contribution < -0.4 is 15.8 Å². The lowest BCUT2D eigenvalue weighted by Crippen LogP contribution is -2.28. The van der Waals surface area contributed by atoms with Gasteiger partial charge in [0.15, 0.2) is 0 Å². The lowest BCUT2D eigenvalue weighted by atomic mass is 10.1. The normalized spacial score (nSPS) is 11.8. The Morgan fingerprint density at radius 3 is 2.88 bits per heavy atom. The van der Waals surface area contributed by atoms with Crippen molar-refractivity contribution in [2.75, 3.05) is 19.7 Å². The maximum Gasteiger partial charge on any atom is 0.124 e. The van der Waals surface area contributed by atoms with Crippen molar-refractivity contribution < 1.29 is 4.74 Å². The highest BCUT2D eigenvalue weighted by molar-refractivity contribution is 5.36. The summed E-state index contributed by atoms with van der Waals surface area (Å²) in [5, 5.41) is 3.19. The summed E-state index contributed by atoms with van der Waals surface area (Å²) in [6.07, 6.45) is 5.22. The van der Waals surface area contributed by atoms with E-state index in [-0.39, 0.29) is 6.04 Å². The molecule has 3 N–H and O–H groups in total. The fraction of sp³-hybridized carbons (Fsp3) is 0.385. The zero-order valence-corrected chi connectivity index (χ0v) is 9.57. The van der Waals surface area contributed by atoms with E-state index in [0.29, 0.717) is 19.7 Å². The molecule has 0 aromatic heterocycles. The Morgan fingerprint density at radius 1 is 1.50 bits per heavy atom. The highest BCUT2D eigenvalue weighted by Crippen LogP contribution is 2.24. The Morgan fingerprint density at radius 2 is 2.25 bits per heavy atom. The van der Waals surface area contributed by atoms with Crippen LogP contribution in [-0.4, -0.2) is 19.7 Å². The number of nitrogens with two attached hydrogens (primary N) is 1. The van der Waals surface area contributed by atoms with E-state index in [0.717, 1.165) is 11.3 Å². The molecule has 0 bridgehead atoms. The van der Waals surface area contributed by atoms with Crippen LogP contribution in [0.1, 0.15) is 18.5 Å². The smallest absolute Gasteiger partial charge is 0.124 e. The van der Waals surface area contributed by atoms with Crippen molar-refractivity contribution in [3.8, 4) is 18.1 Å². The second-order valence-corrected chi connectivity index (χ2v) is 3.34. The molecule has 1 aromatic carbocycles. The highest BCUT2D eigenvalue weighted by atomic mass is 16.5. The third-order valence-corrected chi connectivity index (χ3v) is 2.28. The van der Waals surface area contributed by atoms with Crippen molar-refractivity contribution in [2.24, 2.45) is 5.73 Å². The minimum atomic E-state index is 0.0406. The summed E-state index contributed by atoms with van der Waals surface area (Å²) in [4.78, 5) is 0. The van der Waals surface area contributed by atoms with Crippen LogP contribution in [0.2, 0.25) is 0 Å². The van der Waals surface area contributed by atoms with Crippen molar-refractivity contribution in [1.82, 2.24) is 5.32 Å². The van der Waals surface area contributed by atoms with Crippen molar-refractivity contribution >= 4 is 0 Å². The van der Waals surface area contributed by atoms with Crippen LogP contribution in [-0.2, 0) is 0 Å². The molecule has 3 heteroatoms. The maximum absolute atomic E-state index is 5.72. The standard InChI is InChI=1S/C13H18N2O/c1-3-9-15-12(10-14)11-7-5-6-8-13(11)16-4-2/h1,5-8,12,15H,4,9-10,14H2,2H3. The second kappa shape index (κ2) is 6.89. The van der Waals surface area contributed by atoms with E-state index in [1.807, 2.05) is 31.2 Å². The van der Waals surface area contributed by atoms with Gasteiger partial charge in [0.1, 0.15) is 5.75 Å². The van der Waals surface area contributed by atoms with Gasteiger partial charge in [0.2, 0.25) is 0 Å². The van der Waals surface area contributed by atoms with Crippen LogP contribution in [0.4, 0.5) is 0 Å². The van der Waals surface area contributed by atoms with Gasteiger partial charge in [-0.25, -0.2) is 0 Å². The van der Waals surface area contributed by atoms with Gasteiger partial charge in [-0.15, -0.1) is 6.42 Å². The monoisotopic (exact) mass is 218 g/mol. The molecule has 3 nitrogen and oxygen atoms in total. The van der Waals surface area contributed by atoms with Gasteiger partial charge in [-0.2, -0.15) is 0 Å². The molecule has 0 aliphatic heterocycles. The summed E-state index contributed by atoms with van der Waals surface area (Å²) in [6, 6.07) is 7.91. The second-order valence-electron chi connectivity index (χ2n) is 3.34. The number of nitrogens with one attached hydrogen (secondary N) is 1. The minimum Gasteiger partial charge on any atom is -0.494 e. The molecule has 1 rings (SSSR count). The molecular weight excluding hydrogens is 200 g/mol. The molecule has 0 saturated heterocycles. The first-order valence-corrected chi connectivity index (χ1v) is 5.42. The average molecular weight is 218 g/mol. The number of para-hydroxylation sites is 1. The molecule has 1 aromatic rings. The largest absolute Gasteiger partial charge is 0.494 e. The van der Waals surface area contributed by atoms with Gasteiger partial charge in [-0.3, -0.25) is 5.32 Å². The fourth-order valence-electron chi connectivity index (χ4n) is 1.56. The van der Waals surface area contributed by atoms with E-state index in [1.165, 1.54) is 0 Å². The van der Waals surface area contributed by atoms with E-state index in [2.05, 4.69) is 11.2 Å². The van der Waals surface area contributed by atoms with Crippen molar-refractivity contribution in [1.29, 1.82) is 0 Å².